The van der Waals surface area contributed by atoms with Crippen LogP contribution in [0, 0.1) is 0 Å². The van der Waals surface area contributed by atoms with Crippen molar-refractivity contribution in [1.82, 2.24) is 10.2 Å². The van der Waals surface area contributed by atoms with Crippen LogP contribution in [-0.2, 0) is 13.0 Å². The molecular formula is C17H26N2O. The molecule has 3 heteroatoms. The van der Waals surface area contributed by atoms with Gasteiger partial charge in [-0.2, -0.15) is 0 Å². The summed E-state index contributed by atoms with van der Waals surface area (Å²) in [6.07, 6.45) is 3.91. The van der Waals surface area contributed by atoms with E-state index in [2.05, 4.69) is 42.3 Å². The number of likely N-dealkylation sites (tertiary alicyclic amines) is 1. The van der Waals surface area contributed by atoms with Crippen LogP contribution >= 0.6 is 0 Å². The second kappa shape index (κ2) is 6.15. The van der Waals surface area contributed by atoms with Gasteiger partial charge in [0.05, 0.1) is 0 Å². The summed E-state index contributed by atoms with van der Waals surface area (Å²) in [5.41, 5.74) is 2.88. The zero-order valence-electron chi connectivity index (χ0n) is 12.7. The Labute approximate surface area is 122 Å². The fourth-order valence-electron chi connectivity index (χ4n) is 3.25. The van der Waals surface area contributed by atoms with Gasteiger partial charge in [-0.3, -0.25) is 4.90 Å². The van der Waals surface area contributed by atoms with Crippen LogP contribution in [0.3, 0.4) is 0 Å². The minimum atomic E-state index is 0.348. The molecule has 0 saturated carbocycles. The van der Waals surface area contributed by atoms with Crippen molar-refractivity contribution >= 4 is 0 Å². The van der Waals surface area contributed by atoms with Gasteiger partial charge in [-0.25, -0.2) is 0 Å². The highest BCUT2D eigenvalue weighted by molar-refractivity contribution is 5.37. The Morgan fingerprint density at radius 3 is 3.05 bits per heavy atom. The molecule has 2 aliphatic rings. The van der Waals surface area contributed by atoms with Crippen molar-refractivity contribution < 1.29 is 4.74 Å². The van der Waals surface area contributed by atoms with Crippen molar-refractivity contribution in [1.29, 1.82) is 0 Å². The zero-order valence-corrected chi connectivity index (χ0v) is 12.7. The number of piperidine rings is 1. The highest BCUT2D eigenvalue weighted by Gasteiger charge is 2.23. The van der Waals surface area contributed by atoms with E-state index < -0.39 is 0 Å². The zero-order chi connectivity index (χ0) is 13.9. The number of fused-ring (bicyclic) bond motifs is 1. The lowest BCUT2D eigenvalue weighted by Gasteiger charge is -2.35. The van der Waals surface area contributed by atoms with Gasteiger partial charge in [-0.15, -0.1) is 0 Å². The number of hydrogen-bond acceptors (Lipinski definition) is 3. The molecule has 0 spiro atoms. The van der Waals surface area contributed by atoms with Crippen molar-refractivity contribution in [3.8, 4) is 5.75 Å². The monoisotopic (exact) mass is 274 g/mol. The summed E-state index contributed by atoms with van der Waals surface area (Å²) in [5.74, 6) is 1.04. The van der Waals surface area contributed by atoms with Crippen LogP contribution in [0.15, 0.2) is 18.2 Å². The van der Waals surface area contributed by atoms with E-state index in [0.29, 0.717) is 12.1 Å². The highest BCUT2D eigenvalue weighted by Crippen LogP contribution is 2.24. The minimum absolute atomic E-state index is 0.348. The number of rotatable bonds is 3. The minimum Gasteiger partial charge on any atom is -0.489 e. The molecule has 1 unspecified atom stereocenters. The fraction of sp³-hybridized carbons (Fsp3) is 0.647. The largest absolute Gasteiger partial charge is 0.489 e. The first-order valence-corrected chi connectivity index (χ1v) is 7.95. The molecule has 1 aromatic carbocycles. The fourth-order valence-corrected chi connectivity index (χ4v) is 3.25. The standard InChI is InChI=1S/C17H26N2O/c1-13(2)19-9-3-4-17(12-19)20-16-6-5-14-7-8-18-11-15(14)10-16/h5-6,10,13,17-18H,3-4,7-9,11-12H2,1-2H3. The number of nitrogens with zero attached hydrogens (tertiary/aromatic N) is 1. The molecular weight excluding hydrogens is 248 g/mol. The SMILES string of the molecule is CC(C)N1CCCC(Oc2ccc3c(c2)CNCC3)C1. The molecule has 2 aliphatic heterocycles. The van der Waals surface area contributed by atoms with E-state index in [0.717, 1.165) is 31.8 Å². The van der Waals surface area contributed by atoms with Gasteiger partial charge >= 0.3 is 0 Å². The average molecular weight is 274 g/mol. The Kier molecular flexibility index (Phi) is 4.27. The topological polar surface area (TPSA) is 24.5 Å². The quantitative estimate of drug-likeness (QED) is 0.917. The molecule has 110 valence electrons. The summed E-state index contributed by atoms with van der Waals surface area (Å²) in [6, 6.07) is 7.25. The van der Waals surface area contributed by atoms with Crippen molar-refractivity contribution in [2.45, 2.75) is 51.8 Å². The Hall–Kier alpha value is -1.06. The maximum Gasteiger partial charge on any atom is 0.120 e. The summed E-state index contributed by atoms with van der Waals surface area (Å²) in [7, 11) is 0. The Bertz CT molecular complexity index is 458. The third-order valence-corrected chi connectivity index (χ3v) is 4.51. The van der Waals surface area contributed by atoms with Gasteiger partial charge < -0.3 is 10.1 Å². The first-order valence-electron chi connectivity index (χ1n) is 7.95. The van der Waals surface area contributed by atoms with Gasteiger partial charge in [0.15, 0.2) is 0 Å². The van der Waals surface area contributed by atoms with E-state index >= 15 is 0 Å². The number of benzene rings is 1. The van der Waals surface area contributed by atoms with Crippen LogP contribution in [0.2, 0.25) is 0 Å². The van der Waals surface area contributed by atoms with Crippen LogP contribution in [0.4, 0.5) is 0 Å². The third kappa shape index (κ3) is 3.15. The Balaban J connectivity index is 1.65. The van der Waals surface area contributed by atoms with Gasteiger partial charge in [-0.1, -0.05) is 6.07 Å². The molecule has 0 bridgehead atoms. The predicted molar refractivity (Wildman–Crippen MR) is 82.2 cm³/mol. The molecule has 1 fully saturated rings. The van der Waals surface area contributed by atoms with Crippen LogP contribution in [0.25, 0.3) is 0 Å². The Morgan fingerprint density at radius 2 is 2.20 bits per heavy atom. The van der Waals surface area contributed by atoms with Gasteiger partial charge in [0, 0.05) is 19.1 Å². The third-order valence-electron chi connectivity index (χ3n) is 4.51. The lowest BCUT2D eigenvalue weighted by molar-refractivity contribution is 0.0706. The molecule has 0 amide bonds. The summed E-state index contributed by atoms with van der Waals surface area (Å²) < 4.78 is 6.23. The normalized spacial score (nSPS) is 23.6. The molecule has 1 N–H and O–H groups in total. The van der Waals surface area contributed by atoms with E-state index in [1.165, 1.54) is 30.5 Å². The maximum atomic E-state index is 6.23. The first kappa shape index (κ1) is 13.9. The van der Waals surface area contributed by atoms with E-state index in [4.69, 9.17) is 4.74 Å². The smallest absolute Gasteiger partial charge is 0.120 e. The van der Waals surface area contributed by atoms with Gasteiger partial charge in [0.25, 0.3) is 0 Å². The maximum absolute atomic E-state index is 6.23. The number of nitrogens with one attached hydrogen (secondary N) is 1. The molecule has 0 radical (unpaired) electrons. The van der Waals surface area contributed by atoms with Gasteiger partial charge in [0.1, 0.15) is 11.9 Å². The molecule has 1 atom stereocenters. The number of hydrogen-bond donors (Lipinski definition) is 1. The summed E-state index contributed by atoms with van der Waals surface area (Å²) in [6.45, 7) is 8.90. The summed E-state index contributed by atoms with van der Waals surface area (Å²) in [4.78, 5) is 2.52. The Morgan fingerprint density at radius 1 is 1.30 bits per heavy atom. The van der Waals surface area contributed by atoms with Gasteiger partial charge in [-0.05, 0) is 69.5 Å². The van der Waals surface area contributed by atoms with Crippen molar-refractivity contribution in [3.05, 3.63) is 29.3 Å². The summed E-state index contributed by atoms with van der Waals surface area (Å²) in [5, 5.41) is 3.43. The molecule has 1 aromatic rings. The van der Waals surface area contributed by atoms with E-state index in [9.17, 15) is 0 Å². The van der Waals surface area contributed by atoms with E-state index in [1.54, 1.807) is 0 Å². The van der Waals surface area contributed by atoms with Crippen LogP contribution < -0.4 is 10.1 Å². The molecule has 3 nitrogen and oxygen atoms in total. The van der Waals surface area contributed by atoms with E-state index in [-0.39, 0.29) is 0 Å². The lowest BCUT2D eigenvalue weighted by atomic mass is 10.0. The van der Waals surface area contributed by atoms with Crippen LogP contribution in [0.5, 0.6) is 5.75 Å². The van der Waals surface area contributed by atoms with Gasteiger partial charge in [0.2, 0.25) is 0 Å². The molecule has 0 aliphatic carbocycles. The van der Waals surface area contributed by atoms with Crippen molar-refractivity contribution in [3.63, 3.8) is 0 Å². The predicted octanol–water partition coefficient (Wildman–Crippen LogP) is 2.58. The molecule has 2 heterocycles. The van der Waals surface area contributed by atoms with Crippen molar-refractivity contribution in [2.75, 3.05) is 19.6 Å². The molecule has 3 rings (SSSR count). The molecule has 0 aromatic heterocycles. The second-order valence-electron chi connectivity index (χ2n) is 6.33. The average Bonchev–Trinajstić information content (AvgIpc) is 2.47. The van der Waals surface area contributed by atoms with Crippen LogP contribution in [0.1, 0.15) is 37.8 Å². The second-order valence-corrected chi connectivity index (χ2v) is 6.33. The van der Waals surface area contributed by atoms with Crippen molar-refractivity contribution in [2.24, 2.45) is 0 Å². The molecule has 20 heavy (non-hydrogen) atoms. The number of ether oxygens (including phenoxy) is 1. The molecule has 1 saturated heterocycles. The first-order chi connectivity index (χ1) is 9.72. The van der Waals surface area contributed by atoms with Crippen LogP contribution in [-0.4, -0.2) is 36.7 Å². The van der Waals surface area contributed by atoms with E-state index in [1.807, 2.05) is 0 Å². The lowest BCUT2D eigenvalue weighted by Crippen LogP contribution is -2.44. The highest BCUT2D eigenvalue weighted by atomic mass is 16.5. The summed E-state index contributed by atoms with van der Waals surface area (Å²) >= 11 is 0.